The van der Waals surface area contributed by atoms with Gasteiger partial charge >= 0.3 is 5.97 Å². The van der Waals surface area contributed by atoms with Crippen LogP contribution >= 0.6 is 0 Å². The normalized spacial score (nSPS) is 22.5. The zero-order chi connectivity index (χ0) is 14.0. The van der Waals surface area contributed by atoms with Gasteiger partial charge in [0, 0.05) is 13.0 Å². The number of aliphatic hydroxyl groups is 1. The first-order chi connectivity index (χ1) is 8.97. The molecule has 0 radical (unpaired) electrons. The van der Waals surface area contributed by atoms with Crippen LogP contribution in [0.1, 0.15) is 17.5 Å². The molecule has 1 fully saturated rings. The molecule has 5 heteroatoms. The quantitative estimate of drug-likeness (QED) is 0.836. The Balaban J connectivity index is 2.09. The lowest BCUT2D eigenvalue weighted by Gasteiger charge is -2.21. The minimum Gasteiger partial charge on any atom is -0.480 e. The Bertz CT molecular complexity index is 500. The van der Waals surface area contributed by atoms with Crippen molar-refractivity contribution in [3.63, 3.8) is 0 Å². The molecule has 1 amide bonds. The van der Waals surface area contributed by atoms with Crippen molar-refractivity contribution in [2.24, 2.45) is 0 Å². The highest BCUT2D eigenvalue weighted by Gasteiger charge is 2.38. The molecular weight excluding hydrogens is 246 g/mol. The fraction of sp³-hybridized carbons (Fsp3) is 0.429. The van der Waals surface area contributed by atoms with E-state index in [0.717, 1.165) is 11.1 Å². The Hall–Kier alpha value is -1.88. The van der Waals surface area contributed by atoms with Gasteiger partial charge in [0.05, 0.1) is 12.5 Å². The zero-order valence-corrected chi connectivity index (χ0v) is 10.7. The lowest BCUT2D eigenvalue weighted by molar-refractivity contribution is -0.148. The molecule has 0 bridgehead atoms. The number of carbonyl (C=O) groups is 2. The molecule has 102 valence electrons. The van der Waals surface area contributed by atoms with Crippen molar-refractivity contribution < 1.29 is 19.8 Å². The van der Waals surface area contributed by atoms with Crippen molar-refractivity contribution in [1.82, 2.24) is 4.90 Å². The molecule has 2 atom stereocenters. The van der Waals surface area contributed by atoms with Crippen molar-refractivity contribution in [2.45, 2.75) is 31.9 Å². The molecule has 1 aliphatic rings. The second-order valence-corrected chi connectivity index (χ2v) is 4.96. The zero-order valence-electron chi connectivity index (χ0n) is 10.7. The Morgan fingerprint density at radius 3 is 2.79 bits per heavy atom. The molecule has 1 aliphatic heterocycles. The van der Waals surface area contributed by atoms with Crippen LogP contribution in [-0.4, -0.2) is 45.7 Å². The smallest absolute Gasteiger partial charge is 0.326 e. The van der Waals surface area contributed by atoms with Crippen LogP contribution in [0.4, 0.5) is 0 Å². The summed E-state index contributed by atoms with van der Waals surface area (Å²) in [5, 5.41) is 18.6. The first kappa shape index (κ1) is 13.5. The highest BCUT2D eigenvalue weighted by Crippen LogP contribution is 2.19. The Kier molecular flexibility index (Phi) is 3.85. The second-order valence-electron chi connectivity index (χ2n) is 4.96. The van der Waals surface area contributed by atoms with Gasteiger partial charge in [-0.1, -0.05) is 29.8 Å². The number of hydrogen-bond donors (Lipinski definition) is 2. The van der Waals surface area contributed by atoms with Crippen LogP contribution < -0.4 is 0 Å². The summed E-state index contributed by atoms with van der Waals surface area (Å²) in [5.41, 5.74) is 1.91. The van der Waals surface area contributed by atoms with E-state index in [0.29, 0.717) is 0 Å². The van der Waals surface area contributed by atoms with Gasteiger partial charge in [-0.2, -0.15) is 0 Å². The van der Waals surface area contributed by atoms with Gasteiger partial charge in [-0.15, -0.1) is 0 Å². The Morgan fingerprint density at radius 2 is 2.16 bits per heavy atom. The molecule has 0 aromatic heterocycles. The molecule has 0 spiro atoms. The van der Waals surface area contributed by atoms with Crippen molar-refractivity contribution in [3.05, 3.63) is 35.4 Å². The van der Waals surface area contributed by atoms with E-state index in [4.69, 9.17) is 5.11 Å². The number of hydrogen-bond acceptors (Lipinski definition) is 3. The SMILES string of the molecule is Cc1cccc(CC(=O)N2CC(O)C[C@H]2C(=O)O)c1. The van der Waals surface area contributed by atoms with Crippen LogP contribution in [0, 0.1) is 6.92 Å². The third-order valence-corrected chi connectivity index (χ3v) is 3.32. The molecule has 1 unspecified atom stereocenters. The number of aliphatic hydroxyl groups excluding tert-OH is 1. The second kappa shape index (κ2) is 5.40. The van der Waals surface area contributed by atoms with Gasteiger partial charge in [0.15, 0.2) is 0 Å². The first-order valence-corrected chi connectivity index (χ1v) is 6.23. The number of β-amino-alcohol motifs (C(OH)–C–C–N with tert-alkyl or cyclic N) is 1. The lowest BCUT2D eigenvalue weighted by Crippen LogP contribution is -2.41. The van der Waals surface area contributed by atoms with Gasteiger partial charge in [-0.25, -0.2) is 4.79 Å². The molecule has 1 heterocycles. The van der Waals surface area contributed by atoms with Crippen LogP contribution in [0.15, 0.2) is 24.3 Å². The molecule has 5 nitrogen and oxygen atoms in total. The van der Waals surface area contributed by atoms with Gasteiger partial charge in [-0.05, 0) is 12.5 Å². The van der Waals surface area contributed by atoms with E-state index < -0.39 is 18.1 Å². The lowest BCUT2D eigenvalue weighted by atomic mass is 10.1. The number of aliphatic carboxylic acids is 1. The number of likely N-dealkylation sites (tertiary alicyclic amines) is 1. The van der Waals surface area contributed by atoms with E-state index in [1.165, 1.54) is 4.90 Å². The maximum atomic E-state index is 12.1. The number of carbonyl (C=O) groups excluding carboxylic acids is 1. The van der Waals surface area contributed by atoms with E-state index >= 15 is 0 Å². The van der Waals surface area contributed by atoms with Gasteiger partial charge in [0.25, 0.3) is 0 Å². The average molecular weight is 263 g/mol. The summed E-state index contributed by atoms with van der Waals surface area (Å²) in [6, 6.07) is 6.64. The minimum atomic E-state index is -1.06. The molecule has 2 N–H and O–H groups in total. The molecule has 0 aliphatic carbocycles. The van der Waals surface area contributed by atoms with Crippen LogP contribution in [0.25, 0.3) is 0 Å². The standard InChI is InChI=1S/C14H17NO4/c1-9-3-2-4-10(5-9)6-13(17)15-8-11(16)7-12(15)14(18)19/h2-5,11-12,16H,6-8H2,1H3,(H,18,19)/t11?,12-/m0/s1. The minimum absolute atomic E-state index is 0.0988. The van der Waals surface area contributed by atoms with Crippen molar-refractivity contribution in [1.29, 1.82) is 0 Å². The van der Waals surface area contributed by atoms with E-state index in [9.17, 15) is 14.7 Å². The summed E-state index contributed by atoms with van der Waals surface area (Å²) in [6.07, 6.45) is -0.477. The van der Waals surface area contributed by atoms with Crippen molar-refractivity contribution in [3.8, 4) is 0 Å². The van der Waals surface area contributed by atoms with E-state index in [1.807, 2.05) is 31.2 Å². The van der Waals surface area contributed by atoms with Gasteiger partial charge < -0.3 is 15.1 Å². The number of benzene rings is 1. The number of nitrogens with zero attached hydrogens (tertiary/aromatic N) is 1. The van der Waals surface area contributed by atoms with Crippen molar-refractivity contribution in [2.75, 3.05) is 6.54 Å². The molecule has 1 aromatic rings. The van der Waals surface area contributed by atoms with Crippen LogP contribution in [0.2, 0.25) is 0 Å². The number of carboxylic acids is 1. The summed E-state index contributed by atoms with van der Waals surface area (Å²) in [5.74, 6) is -1.32. The van der Waals surface area contributed by atoms with Crippen molar-refractivity contribution >= 4 is 11.9 Å². The molecular formula is C14H17NO4. The van der Waals surface area contributed by atoms with Crippen LogP contribution in [0.3, 0.4) is 0 Å². The summed E-state index contributed by atoms with van der Waals surface area (Å²) in [4.78, 5) is 24.5. The van der Waals surface area contributed by atoms with Crippen LogP contribution in [-0.2, 0) is 16.0 Å². The molecule has 19 heavy (non-hydrogen) atoms. The monoisotopic (exact) mass is 263 g/mol. The Labute approximate surface area is 111 Å². The average Bonchev–Trinajstić information content (AvgIpc) is 2.71. The van der Waals surface area contributed by atoms with Crippen LogP contribution in [0.5, 0.6) is 0 Å². The topological polar surface area (TPSA) is 77.8 Å². The van der Waals surface area contributed by atoms with Gasteiger partial charge in [-0.3, -0.25) is 4.79 Å². The maximum absolute atomic E-state index is 12.1. The number of carboxylic acid groups (broad SMARTS) is 1. The van der Waals surface area contributed by atoms with Gasteiger partial charge in [0.1, 0.15) is 6.04 Å². The largest absolute Gasteiger partial charge is 0.480 e. The Morgan fingerprint density at radius 1 is 1.42 bits per heavy atom. The van der Waals surface area contributed by atoms with E-state index in [1.54, 1.807) is 0 Å². The highest BCUT2D eigenvalue weighted by atomic mass is 16.4. The number of rotatable bonds is 3. The molecule has 0 saturated carbocycles. The predicted octanol–water partition coefficient (Wildman–Crippen LogP) is 0.584. The maximum Gasteiger partial charge on any atom is 0.326 e. The summed E-state index contributed by atoms with van der Waals surface area (Å²) in [6.45, 7) is 2.04. The van der Waals surface area contributed by atoms with E-state index in [-0.39, 0.29) is 25.3 Å². The summed E-state index contributed by atoms with van der Waals surface area (Å²) >= 11 is 0. The first-order valence-electron chi connectivity index (χ1n) is 6.23. The number of aryl methyl sites for hydroxylation is 1. The van der Waals surface area contributed by atoms with E-state index in [2.05, 4.69) is 0 Å². The fourth-order valence-electron chi connectivity index (χ4n) is 2.42. The predicted molar refractivity (Wildman–Crippen MR) is 68.6 cm³/mol. The molecule has 2 rings (SSSR count). The summed E-state index contributed by atoms with van der Waals surface area (Å²) in [7, 11) is 0. The third kappa shape index (κ3) is 3.12. The fourth-order valence-corrected chi connectivity index (χ4v) is 2.42. The summed E-state index contributed by atoms with van der Waals surface area (Å²) < 4.78 is 0. The number of amides is 1. The third-order valence-electron chi connectivity index (χ3n) is 3.32. The molecule has 1 aromatic carbocycles. The molecule has 1 saturated heterocycles. The highest BCUT2D eigenvalue weighted by molar-refractivity contribution is 5.85. The van der Waals surface area contributed by atoms with Gasteiger partial charge in [0.2, 0.25) is 5.91 Å².